The average molecular weight is 195 g/mol. The second kappa shape index (κ2) is 5.42. The quantitative estimate of drug-likeness (QED) is 0.489. The van der Waals surface area contributed by atoms with E-state index in [0.29, 0.717) is 0 Å². The normalized spacial score (nSPS) is 12.6. The van der Waals surface area contributed by atoms with Gasteiger partial charge in [0.05, 0.1) is 7.85 Å². The van der Waals surface area contributed by atoms with Crippen LogP contribution in [0.4, 0.5) is 0 Å². The van der Waals surface area contributed by atoms with Gasteiger partial charge in [-0.25, -0.2) is 0 Å². The van der Waals surface area contributed by atoms with Crippen molar-refractivity contribution in [2.75, 3.05) is 6.54 Å². The number of carbonyl (C=O) groups is 1. The van der Waals surface area contributed by atoms with Gasteiger partial charge in [-0.2, -0.15) is 0 Å². The summed E-state index contributed by atoms with van der Waals surface area (Å²) in [5.41, 5.74) is 0.391. The Morgan fingerprint density at radius 3 is 2.21 bits per heavy atom. The molecule has 0 saturated heterocycles. The van der Waals surface area contributed by atoms with Crippen LogP contribution in [0, 0.1) is 10.8 Å². The summed E-state index contributed by atoms with van der Waals surface area (Å²) in [6, 6.07) is 0. The fourth-order valence-corrected chi connectivity index (χ4v) is 2.16. The molecule has 0 spiro atoms. The van der Waals surface area contributed by atoms with E-state index in [1.165, 1.54) is 0 Å². The van der Waals surface area contributed by atoms with Gasteiger partial charge in [-0.05, 0) is 17.3 Å². The van der Waals surface area contributed by atoms with Crippen LogP contribution in [-0.2, 0) is 4.79 Å². The maximum Gasteiger partial charge on any atom is 0.207 e. The summed E-state index contributed by atoms with van der Waals surface area (Å²) in [5, 5.41) is 2.74. The van der Waals surface area contributed by atoms with E-state index in [9.17, 15) is 4.79 Å². The molecular weight excluding hydrogens is 173 g/mol. The molecule has 0 aromatic carbocycles. The molecule has 0 aromatic rings. The molecule has 0 atom stereocenters. The summed E-state index contributed by atoms with van der Waals surface area (Å²) in [4.78, 5) is 10.2. The van der Waals surface area contributed by atoms with Crippen molar-refractivity contribution in [3.63, 3.8) is 0 Å². The third-order valence-corrected chi connectivity index (χ3v) is 2.44. The minimum Gasteiger partial charge on any atom is -0.358 e. The van der Waals surface area contributed by atoms with Gasteiger partial charge < -0.3 is 5.32 Å². The van der Waals surface area contributed by atoms with Gasteiger partial charge in [-0.1, -0.05) is 40.4 Å². The van der Waals surface area contributed by atoms with Gasteiger partial charge in [0, 0.05) is 6.54 Å². The van der Waals surface area contributed by atoms with E-state index in [2.05, 4.69) is 33.0 Å². The molecule has 3 heteroatoms. The molecule has 0 bridgehead atoms. The lowest BCUT2D eigenvalue weighted by molar-refractivity contribution is -0.110. The molecule has 80 valence electrons. The third-order valence-electron chi connectivity index (χ3n) is 2.44. The van der Waals surface area contributed by atoms with E-state index in [1.807, 2.05) is 0 Å². The van der Waals surface area contributed by atoms with Crippen molar-refractivity contribution in [2.24, 2.45) is 10.8 Å². The zero-order valence-electron chi connectivity index (χ0n) is 9.89. The monoisotopic (exact) mass is 195 g/mol. The number of carbonyl (C=O) groups excluding carboxylic acids is 1. The Balaban J connectivity index is 4.11. The molecule has 2 radical (unpaired) electrons. The number of rotatable bonds is 7. The van der Waals surface area contributed by atoms with Crippen molar-refractivity contribution in [1.82, 2.24) is 5.32 Å². The molecule has 0 rings (SSSR count). The van der Waals surface area contributed by atoms with Crippen molar-refractivity contribution in [1.29, 1.82) is 0 Å². The second-order valence-corrected chi connectivity index (χ2v) is 5.54. The largest absolute Gasteiger partial charge is 0.358 e. The summed E-state index contributed by atoms with van der Waals surface area (Å²) in [5.74, 6) is 0. The van der Waals surface area contributed by atoms with Crippen molar-refractivity contribution >= 4 is 14.3 Å². The summed E-state index contributed by atoms with van der Waals surface area (Å²) in [6.07, 6.45) is 3.58. The van der Waals surface area contributed by atoms with Gasteiger partial charge in [0.2, 0.25) is 6.41 Å². The predicted octanol–water partition coefficient (Wildman–Crippen LogP) is 2.15. The molecule has 0 aliphatic rings. The Morgan fingerprint density at radius 1 is 1.21 bits per heavy atom. The summed E-state index contributed by atoms with van der Waals surface area (Å²) >= 11 is 0. The minimum absolute atomic E-state index is 0.138. The maximum atomic E-state index is 10.2. The first-order valence-electron chi connectivity index (χ1n) is 5.20. The van der Waals surface area contributed by atoms with Crippen LogP contribution >= 0.6 is 0 Å². The lowest BCUT2D eigenvalue weighted by Crippen LogP contribution is -2.33. The SMILES string of the molecule is [B]CCC(C)(C)CC(C)(C)CNC=O. The molecule has 14 heavy (non-hydrogen) atoms. The molecule has 0 aliphatic carbocycles. The van der Waals surface area contributed by atoms with Crippen LogP contribution in [0.3, 0.4) is 0 Å². The molecular formula is C11H22BNO. The van der Waals surface area contributed by atoms with Crippen molar-refractivity contribution in [3.8, 4) is 0 Å². The first-order valence-corrected chi connectivity index (χ1v) is 5.20. The van der Waals surface area contributed by atoms with Crippen molar-refractivity contribution in [3.05, 3.63) is 0 Å². The van der Waals surface area contributed by atoms with Gasteiger partial charge >= 0.3 is 0 Å². The highest BCUT2D eigenvalue weighted by molar-refractivity contribution is 6.08. The van der Waals surface area contributed by atoms with Crippen molar-refractivity contribution in [2.45, 2.75) is 46.9 Å². The molecule has 0 saturated carbocycles. The Morgan fingerprint density at radius 2 is 1.79 bits per heavy atom. The minimum atomic E-state index is 0.138. The number of nitrogens with one attached hydrogen (secondary N) is 1. The lowest BCUT2D eigenvalue weighted by Gasteiger charge is -2.34. The number of amides is 1. The highest BCUT2D eigenvalue weighted by Gasteiger charge is 2.27. The van der Waals surface area contributed by atoms with Gasteiger partial charge in [0.15, 0.2) is 0 Å². The Bertz CT molecular complexity index is 178. The summed E-state index contributed by atoms with van der Waals surface area (Å²) in [7, 11) is 5.56. The van der Waals surface area contributed by atoms with E-state index in [4.69, 9.17) is 7.85 Å². The van der Waals surface area contributed by atoms with Crippen molar-refractivity contribution < 1.29 is 4.79 Å². The van der Waals surface area contributed by atoms with Gasteiger partial charge in [-0.15, -0.1) is 0 Å². The molecule has 0 fully saturated rings. The Hall–Kier alpha value is -0.465. The van der Waals surface area contributed by atoms with E-state index >= 15 is 0 Å². The molecule has 0 unspecified atom stereocenters. The highest BCUT2D eigenvalue weighted by Crippen LogP contribution is 2.36. The van der Waals surface area contributed by atoms with Crippen LogP contribution in [-0.4, -0.2) is 20.8 Å². The second-order valence-electron chi connectivity index (χ2n) is 5.54. The molecule has 0 aromatic heterocycles. The van der Waals surface area contributed by atoms with Crippen LogP contribution in [0.25, 0.3) is 0 Å². The smallest absolute Gasteiger partial charge is 0.207 e. The fraction of sp³-hybridized carbons (Fsp3) is 0.909. The Labute approximate surface area is 89.3 Å². The highest BCUT2D eigenvalue weighted by atomic mass is 16.1. The first-order chi connectivity index (χ1) is 6.33. The van der Waals surface area contributed by atoms with Crippen LogP contribution in [0.5, 0.6) is 0 Å². The van der Waals surface area contributed by atoms with Gasteiger partial charge in [0.25, 0.3) is 0 Å². The van der Waals surface area contributed by atoms with E-state index in [1.54, 1.807) is 0 Å². The third kappa shape index (κ3) is 6.06. The van der Waals surface area contributed by atoms with Gasteiger partial charge in [0.1, 0.15) is 0 Å². The topological polar surface area (TPSA) is 29.1 Å². The van der Waals surface area contributed by atoms with E-state index in [-0.39, 0.29) is 10.8 Å². The van der Waals surface area contributed by atoms with Crippen LogP contribution in [0.2, 0.25) is 6.32 Å². The molecule has 0 aliphatic heterocycles. The standard InChI is InChI=1S/C11H22BNO/c1-10(2,5-6-12)7-11(3,4)8-13-9-14/h9H,5-8H2,1-4H3,(H,13,14). The van der Waals surface area contributed by atoms with E-state index in [0.717, 1.165) is 32.1 Å². The Kier molecular flexibility index (Phi) is 5.24. The van der Waals surface area contributed by atoms with Crippen LogP contribution in [0.15, 0.2) is 0 Å². The predicted molar refractivity (Wildman–Crippen MR) is 61.4 cm³/mol. The first kappa shape index (κ1) is 13.5. The van der Waals surface area contributed by atoms with E-state index < -0.39 is 0 Å². The fourth-order valence-electron chi connectivity index (χ4n) is 2.16. The molecule has 1 amide bonds. The zero-order chi connectivity index (χ0) is 11.2. The summed E-state index contributed by atoms with van der Waals surface area (Å²) < 4.78 is 0. The number of hydrogen-bond acceptors (Lipinski definition) is 1. The van der Waals surface area contributed by atoms with Crippen LogP contribution < -0.4 is 5.32 Å². The molecule has 2 nitrogen and oxygen atoms in total. The zero-order valence-corrected chi connectivity index (χ0v) is 9.89. The summed E-state index contributed by atoms with van der Waals surface area (Å²) in [6.45, 7) is 9.51. The van der Waals surface area contributed by atoms with Gasteiger partial charge in [-0.3, -0.25) is 4.79 Å². The lowest BCUT2D eigenvalue weighted by atomic mass is 9.71. The number of hydrogen-bond donors (Lipinski definition) is 1. The van der Waals surface area contributed by atoms with Crippen LogP contribution in [0.1, 0.15) is 40.5 Å². The molecule has 0 heterocycles. The maximum absolute atomic E-state index is 10.2. The molecule has 1 N–H and O–H groups in total. The average Bonchev–Trinajstić information content (AvgIpc) is 1.98.